The van der Waals surface area contributed by atoms with Crippen molar-refractivity contribution in [2.45, 2.75) is 39.2 Å². The van der Waals surface area contributed by atoms with Gasteiger partial charge in [0.1, 0.15) is 5.75 Å². The van der Waals surface area contributed by atoms with Gasteiger partial charge in [-0.05, 0) is 43.5 Å². The van der Waals surface area contributed by atoms with Gasteiger partial charge in [-0.2, -0.15) is 0 Å². The Kier molecular flexibility index (Phi) is 7.53. The zero-order valence-electron chi connectivity index (χ0n) is 15.2. The van der Waals surface area contributed by atoms with E-state index in [-0.39, 0.29) is 5.91 Å². The molecule has 0 radical (unpaired) electrons. The van der Waals surface area contributed by atoms with E-state index in [0.29, 0.717) is 12.5 Å². The second-order valence-electron chi connectivity index (χ2n) is 6.72. The van der Waals surface area contributed by atoms with Crippen molar-refractivity contribution >= 4 is 5.91 Å². The SMILES string of the molecule is CC(Oc1cccc(C(C)C)c1)C(=O)NCCCN1CCNCC1. The lowest BCUT2D eigenvalue weighted by Gasteiger charge is -2.27. The molecule has 2 rings (SSSR count). The highest BCUT2D eigenvalue weighted by Gasteiger charge is 2.15. The van der Waals surface area contributed by atoms with E-state index in [1.807, 2.05) is 18.2 Å². The first-order chi connectivity index (χ1) is 11.6. The number of hydrogen-bond donors (Lipinski definition) is 2. The maximum Gasteiger partial charge on any atom is 0.260 e. The molecule has 1 heterocycles. The highest BCUT2D eigenvalue weighted by atomic mass is 16.5. The summed E-state index contributed by atoms with van der Waals surface area (Å²) in [6, 6.07) is 7.97. The van der Waals surface area contributed by atoms with Crippen molar-refractivity contribution in [1.82, 2.24) is 15.5 Å². The number of hydrogen-bond acceptors (Lipinski definition) is 4. The first kappa shape index (κ1) is 18.7. The lowest BCUT2D eigenvalue weighted by Crippen LogP contribution is -2.44. The Morgan fingerprint density at radius 1 is 1.29 bits per heavy atom. The molecule has 0 spiro atoms. The Bertz CT molecular complexity index is 513. The van der Waals surface area contributed by atoms with E-state index in [1.165, 1.54) is 5.56 Å². The Labute approximate surface area is 145 Å². The zero-order valence-corrected chi connectivity index (χ0v) is 15.2. The lowest BCUT2D eigenvalue weighted by atomic mass is 10.0. The van der Waals surface area contributed by atoms with Crippen molar-refractivity contribution in [2.75, 3.05) is 39.3 Å². The molecule has 1 aromatic carbocycles. The highest BCUT2D eigenvalue weighted by molar-refractivity contribution is 5.80. The van der Waals surface area contributed by atoms with Gasteiger partial charge in [0, 0.05) is 32.7 Å². The molecule has 1 amide bonds. The van der Waals surface area contributed by atoms with Gasteiger partial charge in [0.15, 0.2) is 6.10 Å². The van der Waals surface area contributed by atoms with E-state index in [1.54, 1.807) is 6.92 Å². The number of nitrogens with one attached hydrogen (secondary N) is 2. The number of ether oxygens (including phenoxy) is 1. The molecule has 5 nitrogen and oxygen atoms in total. The summed E-state index contributed by atoms with van der Waals surface area (Å²) >= 11 is 0. The number of rotatable bonds is 8. The van der Waals surface area contributed by atoms with Crippen LogP contribution in [0.3, 0.4) is 0 Å². The van der Waals surface area contributed by atoms with Crippen molar-refractivity contribution < 1.29 is 9.53 Å². The van der Waals surface area contributed by atoms with Crippen LogP contribution >= 0.6 is 0 Å². The van der Waals surface area contributed by atoms with Crippen LogP contribution < -0.4 is 15.4 Å². The molecule has 5 heteroatoms. The van der Waals surface area contributed by atoms with Crippen LogP contribution in [0.25, 0.3) is 0 Å². The van der Waals surface area contributed by atoms with Crippen LogP contribution in [0, 0.1) is 0 Å². The largest absolute Gasteiger partial charge is 0.481 e. The first-order valence-corrected chi connectivity index (χ1v) is 9.03. The van der Waals surface area contributed by atoms with Crippen molar-refractivity contribution in [3.05, 3.63) is 29.8 Å². The molecular formula is C19H31N3O2. The van der Waals surface area contributed by atoms with Gasteiger partial charge in [0.25, 0.3) is 5.91 Å². The topological polar surface area (TPSA) is 53.6 Å². The Balaban J connectivity index is 1.69. The molecule has 134 valence electrons. The minimum atomic E-state index is -0.480. The summed E-state index contributed by atoms with van der Waals surface area (Å²) in [4.78, 5) is 14.6. The summed E-state index contributed by atoms with van der Waals surface area (Å²) in [5.41, 5.74) is 1.22. The zero-order chi connectivity index (χ0) is 17.4. The average Bonchev–Trinajstić information content (AvgIpc) is 2.59. The number of piperazine rings is 1. The fourth-order valence-electron chi connectivity index (χ4n) is 2.80. The average molecular weight is 333 g/mol. The fourth-order valence-corrected chi connectivity index (χ4v) is 2.80. The van der Waals surface area contributed by atoms with Crippen LogP contribution in [0.4, 0.5) is 0 Å². The maximum atomic E-state index is 12.2. The van der Waals surface area contributed by atoms with Gasteiger partial charge in [0.2, 0.25) is 0 Å². The minimum absolute atomic E-state index is 0.0507. The third kappa shape index (κ3) is 6.13. The van der Waals surface area contributed by atoms with Gasteiger partial charge >= 0.3 is 0 Å². The summed E-state index contributed by atoms with van der Waals surface area (Å²) in [6.07, 6.45) is 0.494. The van der Waals surface area contributed by atoms with Gasteiger partial charge in [-0.3, -0.25) is 4.79 Å². The lowest BCUT2D eigenvalue weighted by molar-refractivity contribution is -0.127. The second-order valence-corrected chi connectivity index (χ2v) is 6.72. The van der Waals surface area contributed by atoms with Crippen LogP contribution in [0.5, 0.6) is 5.75 Å². The van der Waals surface area contributed by atoms with E-state index < -0.39 is 6.10 Å². The molecule has 2 N–H and O–H groups in total. The van der Waals surface area contributed by atoms with E-state index in [0.717, 1.165) is 44.9 Å². The highest BCUT2D eigenvalue weighted by Crippen LogP contribution is 2.20. The third-order valence-corrected chi connectivity index (χ3v) is 4.37. The number of carbonyl (C=O) groups is 1. The van der Waals surface area contributed by atoms with Gasteiger partial charge in [-0.15, -0.1) is 0 Å². The van der Waals surface area contributed by atoms with Crippen LogP contribution in [0.2, 0.25) is 0 Å². The Morgan fingerprint density at radius 2 is 2.04 bits per heavy atom. The first-order valence-electron chi connectivity index (χ1n) is 9.03. The van der Waals surface area contributed by atoms with Crippen molar-refractivity contribution in [1.29, 1.82) is 0 Å². The molecule has 1 unspecified atom stereocenters. The van der Waals surface area contributed by atoms with Gasteiger partial charge in [-0.1, -0.05) is 26.0 Å². The molecule has 0 bridgehead atoms. The van der Waals surface area contributed by atoms with E-state index in [4.69, 9.17) is 4.74 Å². The van der Waals surface area contributed by atoms with E-state index in [2.05, 4.69) is 35.4 Å². The third-order valence-electron chi connectivity index (χ3n) is 4.37. The number of nitrogens with zero attached hydrogens (tertiary/aromatic N) is 1. The van der Waals surface area contributed by atoms with Crippen LogP contribution in [-0.2, 0) is 4.79 Å². The minimum Gasteiger partial charge on any atom is -0.481 e. The standard InChI is InChI=1S/C19H31N3O2/c1-15(2)17-6-4-7-18(14-17)24-16(3)19(23)21-8-5-11-22-12-9-20-10-13-22/h4,6-7,14-16,20H,5,8-13H2,1-3H3,(H,21,23). The summed E-state index contributed by atoms with van der Waals surface area (Å²) < 4.78 is 5.78. The van der Waals surface area contributed by atoms with Crippen LogP contribution in [-0.4, -0.2) is 56.2 Å². The molecule has 1 aliphatic rings. The number of benzene rings is 1. The predicted molar refractivity (Wildman–Crippen MR) is 97.6 cm³/mol. The molecule has 1 saturated heterocycles. The molecule has 24 heavy (non-hydrogen) atoms. The quantitative estimate of drug-likeness (QED) is 0.715. The monoisotopic (exact) mass is 333 g/mol. The maximum absolute atomic E-state index is 12.2. The van der Waals surface area contributed by atoms with E-state index in [9.17, 15) is 4.79 Å². The van der Waals surface area contributed by atoms with Gasteiger partial charge in [-0.25, -0.2) is 0 Å². The number of carbonyl (C=O) groups excluding carboxylic acids is 1. The molecule has 0 aromatic heterocycles. The Hall–Kier alpha value is -1.59. The molecular weight excluding hydrogens is 302 g/mol. The van der Waals surface area contributed by atoms with Crippen LogP contribution in [0.15, 0.2) is 24.3 Å². The second kappa shape index (κ2) is 9.64. The van der Waals surface area contributed by atoms with Gasteiger partial charge in [0.05, 0.1) is 0 Å². The molecule has 1 atom stereocenters. The molecule has 1 aromatic rings. The summed E-state index contributed by atoms with van der Waals surface area (Å²) in [5.74, 6) is 1.15. The molecule has 0 aliphatic carbocycles. The normalized spacial score (nSPS) is 16.8. The smallest absolute Gasteiger partial charge is 0.260 e. The number of amides is 1. The fraction of sp³-hybridized carbons (Fsp3) is 0.632. The molecule has 1 fully saturated rings. The van der Waals surface area contributed by atoms with Crippen molar-refractivity contribution in [3.8, 4) is 5.75 Å². The summed E-state index contributed by atoms with van der Waals surface area (Å²) in [7, 11) is 0. The van der Waals surface area contributed by atoms with Crippen molar-refractivity contribution in [3.63, 3.8) is 0 Å². The summed E-state index contributed by atoms with van der Waals surface area (Å²) in [5, 5.41) is 6.32. The summed E-state index contributed by atoms with van der Waals surface area (Å²) in [6.45, 7) is 12.1. The predicted octanol–water partition coefficient (Wildman–Crippen LogP) is 1.99. The van der Waals surface area contributed by atoms with E-state index >= 15 is 0 Å². The van der Waals surface area contributed by atoms with Crippen LogP contribution in [0.1, 0.15) is 38.7 Å². The molecule has 1 aliphatic heterocycles. The van der Waals surface area contributed by atoms with Crippen molar-refractivity contribution in [2.24, 2.45) is 0 Å². The molecule has 0 saturated carbocycles. The van der Waals surface area contributed by atoms with Gasteiger partial charge < -0.3 is 20.3 Å². The Morgan fingerprint density at radius 3 is 2.75 bits per heavy atom.